The monoisotopic (exact) mass is 308 g/mol. The third kappa shape index (κ3) is 4.82. The largest absolute Gasteiger partial charge is 0.426 e. The molecule has 122 valence electrons. The Balaban J connectivity index is 0.00000172. The lowest BCUT2D eigenvalue weighted by atomic mass is 9.82. The molecular weight excluding hydrogens is 286 g/mol. The van der Waals surface area contributed by atoms with E-state index in [2.05, 4.69) is 0 Å². The van der Waals surface area contributed by atoms with E-state index in [1.54, 1.807) is 0 Å². The summed E-state index contributed by atoms with van der Waals surface area (Å²) in [6.45, 7) is 4.00. The Morgan fingerprint density at radius 1 is 0.850 bits per heavy atom. The maximum Gasteiger partial charge on any atom is 0.426 e. The molecule has 1 rings (SSSR count). The number of rotatable bonds is 3. The van der Waals surface area contributed by atoms with Gasteiger partial charge in [0, 0.05) is 0 Å². The molecule has 1 aliphatic carbocycles. The van der Waals surface area contributed by atoms with Crippen molar-refractivity contribution in [1.82, 2.24) is 0 Å². The van der Waals surface area contributed by atoms with Gasteiger partial charge < -0.3 is 5.11 Å². The molecule has 1 nitrogen and oxygen atoms in total. The van der Waals surface area contributed by atoms with Crippen molar-refractivity contribution in [2.45, 2.75) is 76.7 Å². The summed E-state index contributed by atoms with van der Waals surface area (Å²) in [4.78, 5) is 0. The number of hydrogen-bond acceptors (Lipinski definition) is 1. The summed E-state index contributed by atoms with van der Waals surface area (Å²) in [6, 6.07) is 0. The van der Waals surface area contributed by atoms with E-state index < -0.39 is 24.4 Å². The first-order chi connectivity index (χ1) is 9.08. The van der Waals surface area contributed by atoms with Gasteiger partial charge in [-0.3, -0.25) is 0 Å². The molecule has 0 aromatic heterocycles. The summed E-state index contributed by atoms with van der Waals surface area (Å²) >= 11 is 0. The maximum absolute atomic E-state index is 12.4. The van der Waals surface area contributed by atoms with E-state index in [-0.39, 0.29) is 12.3 Å². The molecule has 0 spiro atoms. The van der Waals surface area contributed by atoms with E-state index >= 15 is 0 Å². The second kappa shape index (κ2) is 7.52. The van der Waals surface area contributed by atoms with Gasteiger partial charge >= 0.3 is 12.4 Å². The lowest BCUT2D eigenvalue weighted by molar-refractivity contribution is -0.370. The average molecular weight is 308 g/mol. The van der Waals surface area contributed by atoms with E-state index in [0.29, 0.717) is 12.8 Å². The van der Waals surface area contributed by atoms with Gasteiger partial charge in [-0.05, 0) is 18.8 Å². The Hall–Kier alpha value is -0.460. The quantitative estimate of drug-likeness (QED) is 0.708. The summed E-state index contributed by atoms with van der Waals surface area (Å²) in [7, 11) is 0. The molecule has 0 radical (unpaired) electrons. The Morgan fingerprint density at radius 3 is 1.60 bits per heavy atom. The predicted octanol–water partition coefficient (Wildman–Crippen LogP) is 5.23. The molecule has 1 saturated carbocycles. The zero-order valence-corrected chi connectivity index (χ0v) is 11.7. The van der Waals surface area contributed by atoms with Crippen molar-refractivity contribution >= 4 is 0 Å². The first kappa shape index (κ1) is 19.5. The van der Waals surface area contributed by atoms with Crippen molar-refractivity contribution in [3.8, 4) is 0 Å². The number of aliphatic hydroxyl groups is 1. The van der Waals surface area contributed by atoms with Gasteiger partial charge in [-0.2, -0.15) is 26.3 Å². The van der Waals surface area contributed by atoms with E-state index in [1.165, 1.54) is 0 Å². The molecule has 0 saturated heterocycles. The number of hydrogen-bond donors (Lipinski definition) is 1. The smallest absolute Gasteiger partial charge is 0.374 e. The highest BCUT2D eigenvalue weighted by atomic mass is 19.4. The summed E-state index contributed by atoms with van der Waals surface area (Å²) in [5.41, 5.74) is -4.57. The van der Waals surface area contributed by atoms with Crippen molar-refractivity contribution in [1.29, 1.82) is 0 Å². The molecule has 7 heteroatoms. The van der Waals surface area contributed by atoms with Gasteiger partial charge in [0.2, 0.25) is 0 Å². The van der Waals surface area contributed by atoms with Crippen LogP contribution in [0, 0.1) is 5.92 Å². The first-order valence-electron chi connectivity index (χ1n) is 6.94. The Bertz CT molecular complexity index is 251. The van der Waals surface area contributed by atoms with Crippen LogP contribution in [-0.4, -0.2) is 23.1 Å². The molecule has 0 bridgehead atoms. The third-order valence-corrected chi connectivity index (χ3v) is 3.58. The fraction of sp³-hybridized carbons (Fsp3) is 1.00. The SMILES string of the molecule is CC.OC(CCC1CCCCC1)(C(F)(F)F)C(F)(F)F. The van der Waals surface area contributed by atoms with E-state index in [0.717, 1.165) is 19.3 Å². The lowest BCUT2D eigenvalue weighted by Crippen LogP contribution is -2.56. The predicted molar refractivity (Wildman–Crippen MR) is 64.2 cm³/mol. The van der Waals surface area contributed by atoms with Crippen LogP contribution in [0.15, 0.2) is 0 Å². The first-order valence-corrected chi connectivity index (χ1v) is 6.94. The van der Waals surface area contributed by atoms with Crippen molar-refractivity contribution < 1.29 is 31.4 Å². The minimum atomic E-state index is -5.68. The topological polar surface area (TPSA) is 20.2 Å². The van der Waals surface area contributed by atoms with Crippen LogP contribution in [-0.2, 0) is 0 Å². The molecule has 1 aliphatic rings. The summed E-state index contributed by atoms with van der Waals surface area (Å²) < 4.78 is 74.3. The third-order valence-electron chi connectivity index (χ3n) is 3.58. The Kier molecular flexibility index (Phi) is 7.35. The Labute approximate surface area is 115 Å². The van der Waals surface area contributed by atoms with Crippen molar-refractivity contribution in [2.24, 2.45) is 5.92 Å². The molecule has 1 fully saturated rings. The zero-order valence-electron chi connectivity index (χ0n) is 11.7. The van der Waals surface area contributed by atoms with Crippen LogP contribution in [0.25, 0.3) is 0 Å². The highest BCUT2D eigenvalue weighted by molar-refractivity contribution is 4.94. The van der Waals surface area contributed by atoms with Gasteiger partial charge in [0.1, 0.15) is 0 Å². The molecule has 0 atom stereocenters. The highest BCUT2D eigenvalue weighted by Crippen LogP contribution is 2.47. The summed E-state index contributed by atoms with van der Waals surface area (Å²) in [5, 5.41) is 8.96. The van der Waals surface area contributed by atoms with Gasteiger partial charge in [-0.25, -0.2) is 0 Å². The van der Waals surface area contributed by atoms with Crippen LogP contribution in [0.3, 0.4) is 0 Å². The molecule has 0 unspecified atom stereocenters. The fourth-order valence-corrected chi connectivity index (χ4v) is 2.33. The highest BCUT2D eigenvalue weighted by Gasteiger charge is 2.69. The van der Waals surface area contributed by atoms with Crippen molar-refractivity contribution in [3.63, 3.8) is 0 Å². The zero-order chi connectivity index (χ0) is 16.0. The van der Waals surface area contributed by atoms with Crippen LogP contribution in [0.4, 0.5) is 26.3 Å². The van der Waals surface area contributed by atoms with Crippen molar-refractivity contribution in [2.75, 3.05) is 0 Å². The molecule has 20 heavy (non-hydrogen) atoms. The van der Waals surface area contributed by atoms with Gasteiger partial charge in [0.05, 0.1) is 0 Å². The molecule has 0 amide bonds. The Morgan fingerprint density at radius 2 is 1.25 bits per heavy atom. The summed E-state index contributed by atoms with van der Waals surface area (Å²) in [6.07, 6.45) is -8.97. The maximum atomic E-state index is 12.4. The molecule has 0 aromatic carbocycles. The summed E-state index contributed by atoms with van der Waals surface area (Å²) in [5.74, 6) is -0.144. The number of halogens is 6. The second-order valence-corrected chi connectivity index (χ2v) is 4.90. The fourth-order valence-electron chi connectivity index (χ4n) is 2.33. The molecule has 0 aromatic rings. The van der Waals surface area contributed by atoms with E-state index in [4.69, 9.17) is 5.11 Å². The van der Waals surface area contributed by atoms with Crippen molar-refractivity contribution in [3.05, 3.63) is 0 Å². The second-order valence-electron chi connectivity index (χ2n) is 4.90. The van der Waals surface area contributed by atoms with Gasteiger partial charge in [-0.1, -0.05) is 46.0 Å². The van der Waals surface area contributed by atoms with Crippen LogP contribution in [0.1, 0.15) is 58.8 Å². The minimum Gasteiger partial charge on any atom is -0.374 e. The van der Waals surface area contributed by atoms with E-state index in [9.17, 15) is 26.3 Å². The molecule has 0 aliphatic heterocycles. The van der Waals surface area contributed by atoms with Gasteiger partial charge in [0.15, 0.2) is 0 Å². The average Bonchev–Trinajstić information content (AvgIpc) is 2.37. The van der Waals surface area contributed by atoms with Crippen LogP contribution >= 0.6 is 0 Å². The van der Waals surface area contributed by atoms with Crippen LogP contribution in [0.2, 0.25) is 0 Å². The molecule has 1 N–H and O–H groups in total. The standard InChI is InChI=1S/C11H16F6O.C2H6/c12-10(13,14)9(18,11(15,16)17)7-6-8-4-2-1-3-5-8;1-2/h8,18H,1-7H2;1-2H3. The number of alkyl halides is 6. The molecular formula is C13H22F6O. The van der Waals surface area contributed by atoms with Gasteiger partial charge in [-0.15, -0.1) is 0 Å². The normalized spacial score (nSPS) is 18.4. The lowest BCUT2D eigenvalue weighted by Gasteiger charge is -2.34. The minimum absolute atomic E-state index is 0.144. The van der Waals surface area contributed by atoms with E-state index in [1.807, 2.05) is 13.8 Å². The van der Waals surface area contributed by atoms with Gasteiger partial charge in [0.25, 0.3) is 5.60 Å². The molecule has 0 heterocycles. The van der Waals surface area contributed by atoms with Crippen LogP contribution in [0.5, 0.6) is 0 Å². The van der Waals surface area contributed by atoms with Crippen LogP contribution < -0.4 is 0 Å².